The van der Waals surface area contributed by atoms with Crippen molar-refractivity contribution in [2.24, 2.45) is 0 Å². The molecule has 7 nitrogen and oxygen atoms in total. The van der Waals surface area contributed by atoms with Gasteiger partial charge in [0.25, 0.3) is 5.91 Å². The fourth-order valence-corrected chi connectivity index (χ4v) is 4.06. The molecule has 0 fully saturated rings. The molecule has 0 spiro atoms. The first-order valence-corrected chi connectivity index (χ1v) is 11.2. The van der Waals surface area contributed by atoms with Crippen molar-refractivity contribution in [3.8, 4) is 11.5 Å². The minimum absolute atomic E-state index is 0.175. The summed E-state index contributed by atoms with van der Waals surface area (Å²) in [6.07, 6.45) is 1.58. The topological polar surface area (TPSA) is 93.7 Å². The maximum Gasteiger partial charge on any atom is 0.253 e. The molecule has 1 unspecified atom stereocenters. The molecule has 156 valence electrons. The van der Waals surface area contributed by atoms with Gasteiger partial charge in [-0.05, 0) is 50.2 Å². The predicted molar refractivity (Wildman–Crippen MR) is 112 cm³/mol. The molecule has 2 aromatic carbocycles. The Labute approximate surface area is 175 Å². The zero-order valence-electron chi connectivity index (χ0n) is 16.6. The van der Waals surface area contributed by atoms with Crippen molar-refractivity contribution in [3.05, 3.63) is 52.5 Å². The van der Waals surface area contributed by atoms with Crippen molar-refractivity contribution in [1.29, 1.82) is 0 Å². The standard InChI is InChI=1S/C20H23ClN2O5S/c1-20(2)11-17(15-10-13(27-3)6-8-18(15)28-20)22-19(24)14-9-12(5-7-16(14)21)23-29(4,25)26/h5-10,17,23H,11H2,1-4H3,(H,22,24). The lowest BCUT2D eigenvalue weighted by molar-refractivity contribution is 0.0618. The largest absolute Gasteiger partial charge is 0.497 e. The maximum absolute atomic E-state index is 13.0. The first-order chi connectivity index (χ1) is 13.5. The number of hydrogen-bond donors (Lipinski definition) is 2. The molecule has 0 bridgehead atoms. The van der Waals surface area contributed by atoms with Crippen molar-refractivity contribution in [2.75, 3.05) is 18.1 Å². The van der Waals surface area contributed by atoms with Crippen molar-refractivity contribution in [2.45, 2.75) is 31.9 Å². The molecule has 1 atom stereocenters. The van der Waals surface area contributed by atoms with Gasteiger partial charge in [-0.1, -0.05) is 11.6 Å². The summed E-state index contributed by atoms with van der Waals surface area (Å²) < 4.78 is 36.6. The SMILES string of the molecule is COc1ccc2c(c1)C(NC(=O)c1cc(NS(C)(=O)=O)ccc1Cl)CC(C)(C)O2. The van der Waals surface area contributed by atoms with E-state index < -0.39 is 21.5 Å². The van der Waals surface area contributed by atoms with Gasteiger partial charge in [-0.3, -0.25) is 9.52 Å². The number of benzene rings is 2. The van der Waals surface area contributed by atoms with E-state index in [9.17, 15) is 13.2 Å². The number of ether oxygens (including phenoxy) is 2. The summed E-state index contributed by atoms with van der Waals surface area (Å²) in [6.45, 7) is 3.89. The van der Waals surface area contributed by atoms with Crippen LogP contribution < -0.4 is 19.5 Å². The number of anilines is 1. The molecule has 1 amide bonds. The van der Waals surface area contributed by atoms with Crippen LogP contribution in [0.2, 0.25) is 5.02 Å². The molecule has 3 rings (SSSR count). The number of nitrogens with one attached hydrogen (secondary N) is 2. The summed E-state index contributed by atoms with van der Waals surface area (Å²) in [5, 5.41) is 3.21. The number of rotatable bonds is 5. The number of fused-ring (bicyclic) bond motifs is 1. The van der Waals surface area contributed by atoms with Gasteiger partial charge >= 0.3 is 0 Å². The highest BCUT2D eigenvalue weighted by Gasteiger charge is 2.35. The van der Waals surface area contributed by atoms with Gasteiger partial charge in [0, 0.05) is 17.7 Å². The number of halogens is 1. The average molecular weight is 439 g/mol. The molecule has 1 aliphatic rings. The average Bonchev–Trinajstić information content (AvgIpc) is 2.61. The smallest absolute Gasteiger partial charge is 0.253 e. The molecular weight excluding hydrogens is 416 g/mol. The van der Waals surface area contributed by atoms with Crippen molar-refractivity contribution in [1.82, 2.24) is 5.32 Å². The van der Waals surface area contributed by atoms with Crippen molar-refractivity contribution in [3.63, 3.8) is 0 Å². The van der Waals surface area contributed by atoms with Gasteiger partial charge in [0.2, 0.25) is 10.0 Å². The predicted octanol–water partition coefficient (Wildman–Crippen LogP) is 3.75. The van der Waals surface area contributed by atoms with E-state index in [0.29, 0.717) is 17.9 Å². The lowest BCUT2D eigenvalue weighted by Gasteiger charge is -2.38. The van der Waals surface area contributed by atoms with Crippen LogP contribution in [0.25, 0.3) is 0 Å². The quantitative estimate of drug-likeness (QED) is 0.741. The van der Waals surface area contributed by atoms with E-state index in [0.717, 1.165) is 11.8 Å². The number of carbonyl (C=O) groups excluding carboxylic acids is 1. The third-order valence-corrected chi connectivity index (χ3v) is 5.43. The van der Waals surface area contributed by atoms with E-state index in [1.807, 2.05) is 26.0 Å². The van der Waals surface area contributed by atoms with Gasteiger partial charge in [0.1, 0.15) is 17.1 Å². The highest BCUT2D eigenvalue weighted by molar-refractivity contribution is 7.92. The molecule has 2 aromatic rings. The van der Waals surface area contributed by atoms with E-state index in [2.05, 4.69) is 10.0 Å². The van der Waals surface area contributed by atoms with Crippen LogP contribution in [0.1, 0.15) is 42.2 Å². The lowest BCUT2D eigenvalue weighted by atomic mass is 9.89. The van der Waals surface area contributed by atoms with Gasteiger partial charge in [0.05, 0.1) is 30.0 Å². The van der Waals surface area contributed by atoms with Crippen molar-refractivity contribution >= 4 is 33.2 Å². The summed E-state index contributed by atoms with van der Waals surface area (Å²) in [6, 6.07) is 9.51. The van der Waals surface area contributed by atoms with E-state index in [4.69, 9.17) is 21.1 Å². The van der Waals surface area contributed by atoms with E-state index in [1.165, 1.54) is 18.2 Å². The highest BCUT2D eigenvalue weighted by atomic mass is 35.5. The van der Waals surface area contributed by atoms with Gasteiger partial charge in [0.15, 0.2) is 0 Å². The van der Waals surface area contributed by atoms with Crippen LogP contribution in [-0.2, 0) is 10.0 Å². The van der Waals surface area contributed by atoms with E-state index >= 15 is 0 Å². The van der Waals surface area contributed by atoms with Crippen LogP contribution in [0.5, 0.6) is 11.5 Å². The van der Waals surface area contributed by atoms with Crippen LogP contribution in [0.4, 0.5) is 5.69 Å². The van der Waals surface area contributed by atoms with Crippen LogP contribution in [0.15, 0.2) is 36.4 Å². The molecule has 0 aromatic heterocycles. The Morgan fingerprint density at radius 3 is 2.62 bits per heavy atom. The molecular formula is C20H23ClN2O5S. The summed E-state index contributed by atoms with van der Waals surface area (Å²) in [5.74, 6) is 0.915. The number of carbonyl (C=O) groups is 1. The third-order valence-electron chi connectivity index (χ3n) is 4.49. The monoisotopic (exact) mass is 438 g/mol. The number of amides is 1. The van der Waals surface area contributed by atoms with Crippen LogP contribution in [-0.4, -0.2) is 33.3 Å². The Balaban J connectivity index is 1.92. The minimum atomic E-state index is -3.48. The Morgan fingerprint density at radius 2 is 1.97 bits per heavy atom. The number of methoxy groups -OCH3 is 1. The molecule has 0 radical (unpaired) electrons. The first-order valence-electron chi connectivity index (χ1n) is 8.92. The lowest BCUT2D eigenvalue weighted by Crippen LogP contribution is -2.41. The summed E-state index contributed by atoms with van der Waals surface area (Å²) in [5.41, 5.74) is 0.757. The van der Waals surface area contributed by atoms with Crippen molar-refractivity contribution < 1.29 is 22.7 Å². The Hall–Kier alpha value is -2.45. The fourth-order valence-electron chi connectivity index (χ4n) is 3.30. The number of hydrogen-bond acceptors (Lipinski definition) is 5. The summed E-state index contributed by atoms with van der Waals surface area (Å²) >= 11 is 6.20. The molecule has 29 heavy (non-hydrogen) atoms. The van der Waals surface area contributed by atoms with E-state index in [1.54, 1.807) is 13.2 Å². The molecule has 0 saturated heterocycles. The van der Waals surface area contributed by atoms with Crippen LogP contribution in [0.3, 0.4) is 0 Å². The molecule has 1 heterocycles. The number of sulfonamides is 1. The molecule has 9 heteroatoms. The fraction of sp³-hybridized carbons (Fsp3) is 0.350. The highest BCUT2D eigenvalue weighted by Crippen LogP contribution is 2.41. The second-order valence-electron chi connectivity index (χ2n) is 7.56. The Bertz CT molecular complexity index is 1050. The van der Waals surface area contributed by atoms with Gasteiger partial charge in [-0.2, -0.15) is 0 Å². The summed E-state index contributed by atoms with van der Waals surface area (Å²) in [7, 11) is -1.91. The third kappa shape index (κ3) is 5.13. The molecule has 0 aliphatic carbocycles. The zero-order chi connectivity index (χ0) is 21.4. The Morgan fingerprint density at radius 1 is 1.24 bits per heavy atom. The molecule has 2 N–H and O–H groups in total. The van der Waals surface area contributed by atoms with Gasteiger partial charge in [-0.25, -0.2) is 8.42 Å². The normalized spacial score (nSPS) is 17.6. The minimum Gasteiger partial charge on any atom is -0.497 e. The Kier molecular flexibility index (Phi) is 5.69. The van der Waals surface area contributed by atoms with Gasteiger partial charge < -0.3 is 14.8 Å². The molecule has 1 aliphatic heterocycles. The maximum atomic E-state index is 13.0. The molecule has 0 saturated carbocycles. The second kappa shape index (κ2) is 7.76. The van der Waals surface area contributed by atoms with Crippen LogP contribution >= 0.6 is 11.6 Å². The first kappa shape index (κ1) is 21.3. The van der Waals surface area contributed by atoms with Crippen LogP contribution in [0, 0.1) is 0 Å². The van der Waals surface area contributed by atoms with E-state index in [-0.39, 0.29) is 22.3 Å². The summed E-state index contributed by atoms with van der Waals surface area (Å²) in [4.78, 5) is 13.0. The second-order valence-corrected chi connectivity index (χ2v) is 9.72. The zero-order valence-corrected chi connectivity index (χ0v) is 18.1. The van der Waals surface area contributed by atoms with Gasteiger partial charge in [-0.15, -0.1) is 0 Å².